The predicted octanol–water partition coefficient (Wildman–Crippen LogP) is 4.19. The number of β-lactam (4-membered cyclic amide) rings is 1. The number of rotatable bonds is 8. The molecule has 7 heteroatoms. The average Bonchev–Trinajstić information content (AvgIpc) is 2.86. The lowest BCUT2D eigenvalue weighted by molar-refractivity contribution is -0.164. The first-order valence-electron chi connectivity index (χ1n) is 10.5. The number of methoxy groups -OCH3 is 2. The Morgan fingerprint density at radius 1 is 0.909 bits per heavy atom. The molecule has 0 N–H and O–H groups in total. The molecule has 6 nitrogen and oxygen atoms in total. The quantitative estimate of drug-likeness (QED) is 0.381. The molecule has 3 aromatic carbocycles. The van der Waals surface area contributed by atoms with Crippen molar-refractivity contribution < 1.29 is 28.2 Å². The van der Waals surface area contributed by atoms with Crippen LogP contribution in [0, 0.1) is 5.82 Å². The van der Waals surface area contributed by atoms with Gasteiger partial charge < -0.3 is 19.1 Å². The van der Waals surface area contributed by atoms with Gasteiger partial charge in [0.05, 0.1) is 19.8 Å². The largest absolute Gasteiger partial charge is 0.497 e. The van der Waals surface area contributed by atoms with Crippen molar-refractivity contribution in [3.8, 4) is 11.5 Å². The van der Waals surface area contributed by atoms with Gasteiger partial charge in [0.2, 0.25) is 6.10 Å². The van der Waals surface area contributed by atoms with E-state index >= 15 is 0 Å². The Morgan fingerprint density at radius 3 is 2.15 bits per heavy atom. The highest BCUT2D eigenvalue weighted by Crippen LogP contribution is 2.38. The van der Waals surface area contributed by atoms with Gasteiger partial charge in [-0.2, -0.15) is 0 Å². The summed E-state index contributed by atoms with van der Waals surface area (Å²) in [6.45, 7) is 0.455. The summed E-state index contributed by atoms with van der Waals surface area (Å²) in [6.07, 6.45) is -0.117. The number of carbonyl (C=O) groups excluding carboxylic acids is 2. The third-order valence-electron chi connectivity index (χ3n) is 5.70. The van der Waals surface area contributed by atoms with Crippen molar-refractivity contribution in [1.29, 1.82) is 0 Å². The van der Waals surface area contributed by atoms with E-state index < -0.39 is 12.1 Å². The molecule has 0 aliphatic carbocycles. The van der Waals surface area contributed by atoms with E-state index in [1.165, 1.54) is 19.2 Å². The normalized spacial score (nSPS) is 17.3. The van der Waals surface area contributed by atoms with Gasteiger partial charge in [0.25, 0.3) is 5.91 Å². The number of benzene rings is 3. The number of esters is 1. The standard InChI is InChI=1S/C26H24FNO5/c1-31-21-11-13-22(14-12-21)33-24-23(18-5-7-19(8-6-18)26(30)32-2)28(25(24)29)16-15-17-3-9-20(27)10-4-17/h3-14,23-24H,15-16H2,1-2H3/t23-,24+/m0/s1. The minimum absolute atomic E-state index is 0.130. The molecule has 2 atom stereocenters. The van der Waals surface area contributed by atoms with Crippen molar-refractivity contribution in [2.75, 3.05) is 20.8 Å². The van der Waals surface area contributed by atoms with Gasteiger partial charge in [-0.15, -0.1) is 0 Å². The van der Waals surface area contributed by atoms with E-state index in [1.807, 2.05) is 0 Å². The Balaban J connectivity index is 1.55. The van der Waals surface area contributed by atoms with Crippen LogP contribution in [0.25, 0.3) is 0 Å². The minimum atomic E-state index is -0.699. The summed E-state index contributed by atoms with van der Waals surface area (Å²) in [6, 6.07) is 19.9. The molecule has 0 bridgehead atoms. The summed E-state index contributed by atoms with van der Waals surface area (Å²) in [5.41, 5.74) is 2.21. The molecule has 1 fully saturated rings. The lowest BCUT2D eigenvalue weighted by Crippen LogP contribution is -2.61. The number of amides is 1. The number of nitrogens with zero attached hydrogens (tertiary/aromatic N) is 1. The molecule has 33 heavy (non-hydrogen) atoms. The number of ether oxygens (including phenoxy) is 3. The van der Waals surface area contributed by atoms with Gasteiger partial charge in [-0.3, -0.25) is 4.79 Å². The van der Waals surface area contributed by atoms with Crippen LogP contribution in [0.3, 0.4) is 0 Å². The Kier molecular flexibility index (Phi) is 6.58. The number of likely N-dealkylation sites (tertiary alicyclic amines) is 1. The van der Waals surface area contributed by atoms with Gasteiger partial charge >= 0.3 is 5.97 Å². The Bertz CT molecular complexity index is 1110. The van der Waals surface area contributed by atoms with Crippen LogP contribution in [-0.4, -0.2) is 43.6 Å². The maximum atomic E-state index is 13.2. The molecule has 0 unspecified atom stereocenters. The number of halogens is 1. The fourth-order valence-corrected chi connectivity index (χ4v) is 3.87. The van der Waals surface area contributed by atoms with Crippen molar-refractivity contribution in [3.63, 3.8) is 0 Å². The van der Waals surface area contributed by atoms with Crippen molar-refractivity contribution in [1.82, 2.24) is 4.90 Å². The van der Waals surface area contributed by atoms with E-state index in [-0.39, 0.29) is 17.8 Å². The maximum Gasteiger partial charge on any atom is 0.337 e. The molecule has 0 aromatic heterocycles. The molecule has 1 saturated heterocycles. The molecule has 1 aliphatic heterocycles. The molecule has 1 aliphatic rings. The molecule has 0 radical (unpaired) electrons. The first kappa shape index (κ1) is 22.3. The smallest absolute Gasteiger partial charge is 0.337 e. The van der Waals surface area contributed by atoms with Gasteiger partial charge in [-0.05, 0) is 66.1 Å². The Labute approximate surface area is 191 Å². The van der Waals surface area contributed by atoms with Crippen LogP contribution in [0.1, 0.15) is 27.5 Å². The monoisotopic (exact) mass is 449 g/mol. The Morgan fingerprint density at radius 2 is 1.55 bits per heavy atom. The van der Waals surface area contributed by atoms with Gasteiger partial charge in [0.15, 0.2) is 0 Å². The van der Waals surface area contributed by atoms with Gasteiger partial charge in [0, 0.05) is 6.54 Å². The molecule has 1 heterocycles. The highest BCUT2D eigenvalue weighted by atomic mass is 19.1. The van der Waals surface area contributed by atoms with E-state index in [0.717, 1.165) is 11.1 Å². The van der Waals surface area contributed by atoms with Crippen molar-refractivity contribution in [3.05, 3.63) is 95.3 Å². The summed E-state index contributed by atoms with van der Waals surface area (Å²) < 4.78 is 29.2. The Hall–Kier alpha value is -3.87. The predicted molar refractivity (Wildman–Crippen MR) is 120 cm³/mol. The first-order valence-corrected chi connectivity index (χ1v) is 10.5. The van der Waals surface area contributed by atoms with Gasteiger partial charge in [-0.1, -0.05) is 24.3 Å². The molecule has 1 amide bonds. The summed E-state index contributed by atoms with van der Waals surface area (Å²) in [4.78, 5) is 26.5. The van der Waals surface area contributed by atoms with E-state index in [9.17, 15) is 14.0 Å². The SMILES string of the molecule is COC(=O)c1ccc([C@H]2[C@@H](Oc3ccc(OC)cc3)C(=O)N2CCc2ccc(F)cc2)cc1. The lowest BCUT2D eigenvalue weighted by Gasteiger charge is -2.47. The van der Waals surface area contributed by atoms with E-state index in [0.29, 0.717) is 30.0 Å². The summed E-state index contributed by atoms with van der Waals surface area (Å²) >= 11 is 0. The second kappa shape index (κ2) is 9.73. The molecule has 170 valence electrons. The highest BCUT2D eigenvalue weighted by Gasteiger charge is 2.49. The second-order valence-corrected chi connectivity index (χ2v) is 7.68. The van der Waals surface area contributed by atoms with Gasteiger partial charge in [0.1, 0.15) is 23.4 Å². The maximum absolute atomic E-state index is 13.2. The number of hydrogen-bond donors (Lipinski definition) is 0. The van der Waals surface area contributed by atoms with E-state index in [2.05, 4.69) is 0 Å². The fraction of sp³-hybridized carbons (Fsp3) is 0.231. The second-order valence-electron chi connectivity index (χ2n) is 7.68. The van der Waals surface area contributed by atoms with Crippen LogP contribution in [0.2, 0.25) is 0 Å². The molecular formula is C26H24FNO5. The van der Waals surface area contributed by atoms with Crippen LogP contribution < -0.4 is 9.47 Å². The summed E-state index contributed by atoms with van der Waals surface area (Å²) in [5.74, 6) is 0.400. The zero-order valence-corrected chi connectivity index (χ0v) is 18.4. The molecule has 4 rings (SSSR count). The summed E-state index contributed by atoms with van der Waals surface area (Å²) in [5, 5.41) is 0. The molecule has 0 spiro atoms. The van der Waals surface area contributed by atoms with E-state index in [4.69, 9.17) is 14.2 Å². The zero-order valence-electron chi connectivity index (χ0n) is 18.4. The molecule has 0 saturated carbocycles. The average molecular weight is 449 g/mol. The van der Waals surface area contributed by atoms with Gasteiger partial charge in [-0.25, -0.2) is 9.18 Å². The topological polar surface area (TPSA) is 65.1 Å². The van der Waals surface area contributed by atoms with Crippen LogP contribution >= 0.6 is 0 Å². The molecular weight excluding hydrogens is 425 g/mol. The van der Waals surface area contributed by atoms with Crippen molar-refractivity contribution in [2.24, 2.45) is 0 Å². The fourth-order valence-electron chi connectivity index (χ4n) is 3.87. The first-order chi connectivity index (χ1) is 16.0. The van der Waals surface area contributed by atoms with Crippen molar-refractivity contribution >= 4 is 11.9 Å². The van der Waals surface area contributed by atoms with Crippen LogP contribution in [0.4, 0.5) is 4.39 Å². The van der Waals surface area contributed by atoms with Crippen molar-refractivity contribution in [2.45, 2.75) is 18.6 Å². The van der Waals surface area contributed by atoms with Crippen LogP contribution in [0.15, 0.2) is 72.8 Å². The highest BCUT2D eigenvalue weighted by molar-refractivity contribution is 5.90. The lowest BCUT2D eigenvalue weighted by atomic mass is 9.89. The zero-order chi connectivity index (χ0) is 23.4. The number of hydrogen-bond acceptors (Lipinski definition) is 5. The van der Waals surface area contributed by atoms with Crippen LogP contribution in [-0.2, 0) is 16.0 Å². The third kappa shape index (κ3) is 4.82. The summed E-state index contributed by atoms with van der Waals surface area (Å²) in [7, 11) is 2.91. The van der Waals surface area contributed by atoms with Crippen LogP contribution in [0.5, 0.6) is 11.5 Å². The third-order valence-corrected chi connectivity index (χ3v) is 5.70. The van der Waals surface area contributed by atoms with E-state index in [1.54, 1.807) is 72.7 Å². The minimum Gasteiger partial charge on any atom is -0.497 e. The molecule has 3 aromatic rings. The number of carbonyl (C=O) groups is 2.